The summed E-state index contributed by atoms with van der Waals surface area (Å²) in [6.45, 7) is 3.61. The first-order valence-electron chi connectivity index (χ1n) is 4.08. The Bertz CT molecular complexity index is 88.1. The van der Waals surface area contributed by atoms with E-state index in [0.717, 1.165) is 19.4 Å². The van der Waals surface area contributed by atoms with Gasteiger partial charge in [0.15, 0.2) is 0 Å². The minimum Gasteiger partial charge on any atom is -0.396 e. The van der Waals surface area contributed by atoms with Crippen LogP contribution >= 0.6 is 0 Å². The van der Waals surface area contributed by atoms with E-state index in [4.69, 9.17) is 5.11 Å². The lowest BCUT2D eigenvalue weighted by molar-refractivity contribution is 0.262. The molecule has 0 aliphatic rings. The molecule has 0 bridgehead atoms. The molecule has 0 fully saturated rings. The molecule has 65 valence electrons. The molecule has 0 aromatic rings. The number of aliphatic hydroxyl groups is 1. The van der Waals surface area contributed by atoms with Crippen LogP contribution in [0.25, 0.3) is 0 Å². The highest BCUT2D eigenvalue weighted by molar-refractivity contribution is 5.47. The summed E-state index contributed by atoms with van der Waals surface area (Å²) in [5.74, 6) is 0. The Morgan fingerprint density at radius 3 is 2.45 bits per heavy atom. The fourth-order valence-corrected chi connectivity index (χ4v) is 0.814. The Kier molecular flexibility index (Phi) is 7.15. The van der Waals surface area contributed by atoms with Crippen LogP contribution in [0.15, 0.2) is 0 Å². The zero-order valence-electron chi connectivity index (χ0n) is 7.05. The molecule has 0 spiro atoms. The molecule has 0 aromatic heterocycles. The van der Waals surface area contributed by atoms with E-state index in [1.165, 1.54) is 0 Å². The normalized spacial score (nSPS) is 9.64. The Balaban J connectivity index is 3.33. The van der Waals surface area contributed by atoms with Crippen molar-refractivity contribution in [1.82, 2.24) is 4.90 Å². The summed E-state index contributed by atoms with van der Waals surface area (Å²) in [7, 11) is 0. The van der Waals surface area contributed by atoms with E-state index >= 15 is 0 Å². The molecule has 0 atom stereocenters. The van der Waals surface area contributed by atoms with Crippen molar-refractivity contribution in [3.05, 3.63) is 0 Å². The molecule has 1 radical (unpaired) electrons. The van der Waals surface area contributed by atoms with Gasteiger partial charge in [-0.05, 0) is 12.8 Å². The summed E-state index contributed by atoms with van der Waals surface area (Å²) in [5.41, 5.74) is 0. The van der Waals surface area contributed by atoms with Gasteiger partial charge in [-0.3, -0.25) is 4.79 Å². The third-order valence-corrected chi connectivity index (χ3v) is 1.50. The number of carbonyl (C=O) groups excluding carboxylic acids is 1. The Morgan fingerprint density at radius 1 is 1.36 bits per heavy atom. The first-order valence-corrected chi connectivity index (χ1v) is 4.08. The molecule has 0 aliphatic heterocycles. The van der Waals surface area contributed by atoms with Gasteiger partial charge in [0.05, 0.1) is 0 Å². The average Bonchev–Trinajstić information content (AvgIpc) is 2.05. The minimum absolute atomic E-state index is 0.143. The summed E-state index contributed by atoms with van der Waals surface area (Å²) in [6, 6.07) is 0. The second-order valence-electron chi connectivity index (χ2n) is 2.51. The molecule has 11 heavy (non-hydrogen) atoms. The Hall–Kier alpha value is -0.570. The number of nitrogens with zero attached hydrogens (tertiary/aromatic N) is 1. The van der Waals surface area contributed by atoms with Gasteiger partial charge in [-0.1, -0.05) is 13.3 Å². The van der Waals surface area contributed by atoms with Crippen LogP contribution in [-0.2, 0) is 4.79 Å². The topological polar surface area (TPSA) is 40.5 Å². The third kappa shape index (κ3) is 5.85. The van der Waals surface area contributed by atoms with Crippen LogP contribution in [0, 0.1) is 0 Å². The van der Waals surface area contributed by atoms with E-state index in [1.54, 1.807) is 4.90 Å². The first kappa shape index (κ1) is 10.4. The molecule has 0 unspecified atom stereocenters. The highest BCUT2D eigenvalue weighted by Crippen LogP contribution is 1.92. The van der Waals surface area contributed by atoms with Crippen LogP contribution in [0.1, 0.15) is 26.2 Å². The van der Waals surface area contributed by atoms with Gasteiger partial charge >= 0.3 is 6.41 Å². The predicted octanol–water partition coefficient (Wildman–Crippen LogP) is 0.538. The SMILES string of the molecule is CCCCN([C]=O)CCCO. The summed E-state index contributed by atoms with van der Waals surface area (Å²) in [6.07, 6.45) is 4.59. The Labute approximate surface area is 68.0 Å². The van der Waals surface area contributed by atoms with Crippen LogP contribution in [0.3, 0.4) is 0 Å². The van der Waals surface area contributed by atoms with Crippen molar-refractivity contribution in [2.45, 2.75) is 26.2 Å². The average molecular weight is 158 g/mol. The van der Waals surface area contributed by atoms with Crippen LogP contribution in [0.5, 0.6) is 0 Å². The summed E-state index contributed by atoms with van der Waals surface area (Å²) >= 11 is 0. The lowest BCUT2D eigenvalue weighted by Gasteiger charge is -2.14. The predicted molar refractivity (Wildman–Crippen MR) is 43.9 cm³/mol. The van der Waals surface area contributed by atoms with E-state index < -0.39 is 0 Å². The largest absolute Gasteiger partial charge is 0.396 e. The second-order valence-corrected chi connectivity index (χ2v) is 2.51. The molecule has 0 aliphatic carbocycles. The molecule has 0 rings (SSSR count). The van der Waals surface area contributed by atoms with Gasteiger partial charge in [0.2, 0.25) is 0 Å². The standard InChI is InChI=1S/C8H16NO2/c1-2-3-5-9(8-11)6-4-7-10/h10H,2-7H2,1H3. The quantitative estimate of drug-likeness (QED) is 0.549. The van der Waals surface area contributed by atoms with E-state index in [9.17, 15) is 4.79 Å². The number of amides is 1. The fourth-order valence-electron chi connectivity index (χ4n) is 0.814. The van der Waals surface area contributed by atoms with E-state index in [1.807, 2.05) is 6.41 Å². The number of hydrogen-bond donors (Lipinski definition) is 1. The maximum Gasteiger partial charge on any atom is 0.312 e. The fraction of sp³-hybridized carbons (Fsp3) is 0.875. The van der Waals surface area contributed by atoms with E-state index in [-0.39, 0.29) is 6.61 Å². The number of aliphatic hydroxyl groups excluding tert-OH is 1. The van der Waals surface area contributed by atoms with Crippen LogP contribution in [-0.4, -0.2) is 36.1 Å². The lowest BCUT2D eigenvalue weighted by Crippen LogP contribution is -2.24. The molecular weight excluding hydrogens is 142 g/mol. The summed E-state index contributed by atoms with van der Waals surface area (Å²) in [5, 5.41) is 8.48. The molecule has 1 N–H and O–H groups in total. The molecule has 3 nitrogen and oxygen atoms in total. The van der Waals surface area contributed by atoms with E-state index in [0.29, 0.717) is 13.0 Å². The van der Waals surface area contributed by atoms with E-state index in [2.05, 4.69) is 6.92 Å². The molecule has 3 heteroatoms. The zero-order valence-corrected chi connectivity index (χ0v) is 7.05. The Morgan fingerprint density at radius 2 is 2.00 bits per heavy atom. The van der Waals surface area contributed by atoms with Gasteiger partial charge in [-0.15, -0.1) is 0 Å². The second kappa shape index (κ2) is 7.54. The highest BCUT2D eigenvalue weighted by Gasteiger charge is 1.99. The van der Waals surface area contributed by atoms with Gasteiger partial charge in [-0.2, -0.15) is 0 Å². The minimum atomic E-state index is 0.143. The number of hydrogen-bond acceptors (Lipinski definition) is 2. The number of rotatable bonds is 7. The van der Waals surface area contributed by atoms with Gasteiger partial charge < -0.3 is 10.0 Å². The van der Waals surface area contributed by atoms with Gasteiger partial charge in [0.25, 0.3) is 0 Å². The van der Waals surface area contributed by atoms with Crippen molar-refractivity contribution in [3.8, 4) is 0 Å². The lowest BCUT2D eigenvalue weighted by atomic mass is 10.3. The van der Waals surface area contributed by atoms with Gasteiger partial charge in [-0.25, -0.2) is 0 Å². The van der Waals surface area contributed by atoms with Crippen LogP contribution < -0.4 is 0 Å². The maximum atomic E-state index is 10.2. The maximum absolute atomic E-state index is 10.2. The molecule has 0 saturated carbocycles. The summed E-state index contributed by atoms with van der Waals surface area (Å²) in [4.78, 5) is 11.8. The molecule has 0 aromatic carbocycles. The summed E-state index contributed by atoms with van der Waals surface area (Å²) < 4.78 is 0. The molecule has 0 heterocycles. The van der Waals surface area contributed by atoms with Crippen molar-refractivity contribution in [3.63, 3.8) is 0 Å². The van der Waals surface area contributed by atoms with Crippen molar-refractivity contribution >= 4 is 6.41 Å². The highest BCUT2D eigenvalue weighted by atomic mass is 16.3. The first-order chi connectivity index (χ1) is 5.35. The molecule has 0 saturated heterocycles. The van der Waals surface area contributed by atoms with Gasteiger partial charge in [0.1, 0.15) is 0 Å². The zero-order chi connectivity index (χ0) is 8.53. The van der Waals surface area contributed by atoms with Crippen LogP contribution in [0.4, 0.5) is 0 Å². The van der Waals surface area contributed by atoms with Crippen LogP contribution in [0.2, 0.25) is 0 Å². The monoisotopic (exact) mass is 158 g/mol. The van der Waals surface area contributed by atoms with Crippen molar-refractivity contribution in [2.24, 2.45) is 0 Å². The smallest absolute Gasteiger partial charge is 0.312 e. The number of unbranched alkanes of at least 4 members (excludes halogenated alkanes) is 1. The van der Waals surface area contributed by atoms with Gasteiger partial charge in [0, 0.05) is 19.7 Å². The van der Waals surface area contributed by atoms with Crippen molar-refractivity contribution in [1.29, 1.82) is 0 Å². The van der Waals surface area contributed by atoms with Crippen molar-refractivity contribution in [2.75, 3.05) is 19.7 Å². The molecule has 1 amide bonds. The van der Waals surface area contributed by atoms with Crippen molar-refractivity contribution < 1.29 is 9.90 Å². The third-order valence-electron chi connectivity index (χ3n) is 1.50. The molecular formula is C8H16NO2.